The van der Waals surface area contributed by atoms with E-state index in [9.17, 15) is 9.59 Å². The number of aliphatic hydroxyl groups excluding tert-OH is 1. The van der Waals surface area contributed by atoms with E-state index in [0.717, 1.165) is 12.8 Å². The maximum Gasteiger partial charge on any atom is 0.253 e. The molecule has 142 valence electrons. The number of ether oxygens (including phenoxy) is 1. The molecule has 0 bridgehead atoms. The number of rotatable bonds is 8. The first-order valence-corrected chi connectivity index (χ1v) is 9.02. The summed E-state index contributed by atoms with van der Waals surface area (Å²) in [6.07, 6.45) is 5.18. The Morgan fingerprint density at radius 1 is 1.17 bits per heavy atom. The highest BCUT2D eigenvalue weighted by Gasteiger charge is 2.26. The molecule has 0 saturated heterocycles. The predicted molar refractivity (Wildman–Crippen MR) is 98.7 cm³/mol. The van der Waals surface area contributed by atoms with Crippen LogP contribution < -0.4 is 0 Å². The Balaban J connectivity index is 0. The molecule has 1 aliphatic heterocycles. The van der Waals surface area contributed by atoms with Crippen LogP contribution in [0.2, 0.25) is 0 Å². The van der Waals surface area contributed by atoms with Crippen LogP contribution in [0.25, 0.3) is 0 Å². The highest BCUT2D eigenvalue weighted by molar-refractivity contribution is 6.12. The molecule has 0 aromatic carbocycles. The molecule has 0 atom stereocenters. The molecule has 2 amide bonds. The van der Waals surface area contributed by atoms with Crippen LogP contribution in [0, 0.1) is 5.92 Å². The van der Waals surface area contributed by atoms with E-state index in [2.05, 4.69) is 13.8 Å². The number of amides is 2. The summed E-state index contributed by atoms with van der Waals surface area (Å²) in [4.78, 5) is 24.0. The SMILES string of the molecule is CC.CC(C)CCOC(C)(C)CCN1C(=O)C=CC1=O.CCCO. The zero-order valence-electron chi connectivity index (χ0n) is 16.6. The van der Waals surface area contributed by atoms with Crippen molar-refractivity contribution in [2.75, 3.05) is 19.8 Å². The third-order valence-corrected chi connectivity index (χ3v) is 3.25. The zero-order chi connectivity index (χ0) is 19.2. The maximum atomic E-state index is 11.4. The molecule has 24 heavy (non-hydrogen) atoms. The summed E-state index contributed by atoms with van der Waals surface area (Å²) in [7, 11) is 0. The Kier molecular flexibility index (Phi) is 14.8. The maximum absolute atomic E-state index is 11.4. The van der Waals surface area contributed by atoms with Crippen LogP contribution in [0.3, 0.4) is 0 Å². The summed E-state index contributed by atoms with van der Waals surface area (Å²) in [5, 5.41) is 7.88. The van der Waals surface area contributed by atoms with Gasteiger partial charge in [0.1, 0.15) is 0 Å². The van der Waals surface area contributed by atoms with Gasteiger partial charge in [0.15, 0.2) is 0 Å². The molecule has 0 radical (unpaired) electrons. The Morgan fingerprint density at radius 3 is 2.00 bits per heavy atom. The number of nitrogens with zero attached hydrogens (tertiary/aromatic N) is 1. The normalized spacial score (nSPS) is 13.6. The van der Waals surface area contributed by atoms with E-state index in [4.69, 9.17) is 9.84 Å². The van der Waals surface area contributed by atoms with Crippen LogP contribution in [0.1, 0.15) is 67.7 Å². The standard InChI is InChI=1S/C14H23NO3.C3H8O.C2H6/c1-11(2)7-10-18-14(3,4)8-9-15-12(16)5-6-13(15)17;1-2-3-4;1-2/h5-6,11H,7-10H2,1-4H3;4H,2-3H2,1H3;1-2H3. The van der Waals surface area contributed by atoms with Crippen molar-refractivity contribution in [2.24, 2.45) is 5.92 Å². The first kappa shape index (κ1) is 25.0. The van der Waals surface area contributed by atoms with Gasteiger partial charge in [0.2, 0.25) is 0 Å². The van der Waals surface area contributed by atoms with E-state index >= 15 is 0 Å². The number of imide groups is 1. The third kappa shape index (κ3) is 12.3. The average molecular weight is 344 g/mol. The van der Waals surface area contributed by atoms with E-state index in [-0.39, 0.29) is 17.4 Å². The fourth-order valence-corrected chi connectivity index (χ4v) is 1.68. The molecule has 0 saturated carbocycles. The van der Waals surface area contributed by atoms with E-state index in [0.29, 0.717) is 32.1 Å². The van der Waals surface area contributed by atoms with Gasteiger partial charge in [0, 0.05) is 31.9 Å². The van der Waals surface area contributed by atoms with Crippen LogP contribution >= 0.6 is 0 Å². The van der Waals surface area contributed by atoms with Crippen molar-refractivity contribution >= 4 is 11.8 Å². The second-order valence-corrected chi connectivity index (χ2v) is 6.43. The molecule has 5 nitrogen and oxygen atoms in total. The molecular weight excluding hydrogens is 306 g/mol. The third-order valence-electron chi connectivity index (χ3n) is 3.25. The van der Waals surface area contributed by atoms with Gasteiger partial charge in [0.05, 0.1) is 5.60 Å². The molecule has 1 heterocycles. The van der Waals surface area contributed by atoms with Gasteiger partial charge in [-0.2, -0.15) is 0 Å². The lowest BCUT2D eigenvalue weighted by Crippen LogP contribution is -2.36. The fraction of sp³-hybridized carbons (Fsp3) is 0.789. The first-order valence-electron chi connectivity index (χ1n) is 9.02. The highest BCUT2D eigenvalue weighted by Crippen LogP contribution is 2.18. The topological polar surface area (TPSA) is 66.8 Å². The van der Waals surface area contributed by atoms with Gasteiger partial charge < -0.3 is 9.84 Å². The van der Waals surface area contributed by atoms with Crippen molar-refractivity contribution in [3.63, 3.8) is 0 Å². The fourth-order valence-electron chi connectivity index (χ4n) is 1.68. The quantitative estimate of drug-likeness (QED) is 0.684. The van der Waals surface area contributed by atoms with E-state index < -0.39 is 0 Å². The lowest BCUT2D eigenvalue weighted by molar-refractivity contribution is -0.137. The molecule has 0 aromatic heterocycles. The second kappa shape index (κ2) is 14.2. The molecule has 0 fully saturated rings. The monoisotopic (exact) mass is 343 g/mol. The van der Waals surface area contributed by atoms with Crippen LogP contribution in [0.5, 0.6) is 0 Å². The van der Waals surface area contributed by atoms with Gasteiger partial charge in [-0.1, -0.05) is 34.6 Å². The van der Waals surface area contributed by atoms with Crippen LogP contribution in [0.4, 0.5) is 0 Å². The number of hydrogen-bond acceptors (Lipinski definition) is 4. The highest BCUT2D eigenvalue weighted by atomic mass is 16.5. The molecule has 1 N–H and O–H groups in total. The lowest BCUT2D eigenvalue weighted by Gasteiger charge is -2.27. The second-order valence-electron chi connectivity index (χ2n) is 6.43. The van der Waals surface area contributed by atoms with Crippen LogP contribution in [-0.2, 0) is 14.3 Å². The molecule has 1 aliphatic rings. The van der Waals surface area contributed by atoms with E-state index in [1.54, 1.807) is 0 Å². The zero-order valence-corrected chi connectivity index (χ0v) is 16.6. The molecule has 5 heteroatoms. The van der Waals surface area contributed by atoms with Crippen molar-refractivity contribution < 1.29 is 19.4 Å². The average Bonchev–Trinajstić information content (AvgIpc) is 2.85. The van der Waals surface area contributed by atoms with Gasteiger partial charge in [-0.05, 0) is 39.0 Å². The van der Waals surface area contributed by atoms with Crippen molar-refractivity contribution in [2.45, 2.75) is 73.3 Å². The summed E-state index contributed by atoms with van der Waals surface area (Å²) in [6.45, 7) is 15.7. The number of aliphatic hydroxyl groups is 1. The molecule has 0 spiro atoms. The number of carbonyl (C=O) groups is 2. The van der Waals surface area contributed by atoms with E-state index in [1.165, 1.54) is 17.1 Å². The largest absolute Gasteiger partial charge is 0.396 e. The Bertz CT molecular complexity index is 356. The summed E-state index contributed by atoms with van der Waals surface area (Å²) < 4.78 is 5.80. The summed E-state index contributed by atoms with van der Waals surface area (Å²) in [5.74, 6) is 0.169. The molecule has 1 rings (SSSR count). The Labute approximate surface area is 148 Å². The van der Waals surface area contributed by atoms with Gasteiger partial charge in [0.25, 0.3) is 11.8 Å². The van der Waals surface area contributed by atoms with Crippen molar-refractivity contribution in [3.8, 4) is 0 Å². The van der Waals surface area contributed by atoms with Crippen LogP contribution in [0.15, 0.2) is 12.2 Å². The predicted octanol–water partition coefficient (Wildman–Crippen LogP) is 3.56. The number of hydrogen-bond donors (Lipinski definition) is 1. The van der Waals surface area contributed by atoms with E-state index in [1.807, 2.05) is 34.6 Å². The first-order chi connectivity index (χ1) is 11.2. The van der Waals surface area contributed by atoms with Gasteiger partial charge in [-0.15, -0.1) is 0 Å². The minimum Gasteiger partial charge on any atom is -0.396 e. The molecule has 0 unspecified atom stereocenters. The smallest absolute Gasteiger partial charge is 0.253 e. The number of carbonyl (C=O) groups excluding carboxylic acids is 2. The molecule has 0 aliphatic carbocycles. The Hall–Kier alpha value is -1.20. The van der Waals surface area contributed by atoms with Crippen molar-refractivity contribution in [3.05, 3.63) is 12.2 Å². The van der Waals surface area contributed by atoms with Gasteiger partial charge in [-0.3, -0.25) is 14.5 Å². The minimum absolute atomic E-state index is 0.224. The van der Waals surface area contributed by atoms with Crippen LogP contribution in [-0.4, -0.2) is 47.2 Å². The van der Waals surface area contributed by atoms with Gasteiger partial charge in [-0.25, -0.2) is 0 Å². The lowest BCUT2D eigenvalue weighted by atomic mass is 10.0. The summed E-state index contributed by atoms with van der Waals surface area (Å²) in [6, 6.07) is 0. The Morgan fingerprint density at radius 2 is 1.62 bits per heavy atom. The summed E-state index contributed by atoms with van der Waals surface area (Å²) in [5.41, 5.74) is -0.307. The summed E-state index contributed by atoms with van der Waals surface area (Å²) >= 11 is 0. The molecule has 0 aromatic rings. The van der Waals surface area contributed by atoms with Gasteiger partial charge >= 0.3 is 0 Å². The minimum atomic E-state index is -0.307. The van der Waals surface area contributed by atoms with Crippen molar-refractivity contribution in [1.29, 1.82) is 0 Å². The van der Waals surface area contributed by atoms with Crippen molar-refractivity contribution in [1.82, 2.24) is 4.90 Å². The molecular formula is C19H37NO4.